The molecule has 2 heterocycles. The van der Waals surface area contributed by atoms with Crippen LogP contribution in [0.25, 0.3) is 0 Å². The van der Waals surface area contributed by atoms with Crippen LogP contribution in [-0.4, -0.2) is 29.0 Å². The molecular formula is C27H15ClF3NO5. The molecule has 3 aromatic carbocycles. The number of halogens is 4. The van der Waals surface area contributed by atoms with Gasteiger partial charge in [-0.3, -0.25) is 19.2 Å². The summed E-state index contributed by atoms with van der Waals surface area (Å²) in [5, 5.41) is -0.270. The summed E-state index contributed by atoms with van der Waals surface area (Å²) in [5.74, 6) is -6.40. The van der Waals surface area contributed by atoms with Crippen molar-refractivity contribution in [3.05, 3.63) is 100 Å². The summed E-state index contributed by atoms with van der Waals surface area (Å²) in [6.45, 7) is 0. The number of carbonyl (C=O) groups is 4. The first-order valence-corrected chi connectivity index (χ1v) is 11.6. The van der Waals surface area contributed by atoms with Crippen LogP contribution >= 0.6 is 11.6 Å². The van der Waals surface area contributed by atoms with Gasteiger partial charge >= 0.3 is 6.18 Å². The van der Waals surface area contributed by atoms with Crippen molar-refractivity contribution in [1.82, 2.24) is 0 Å². The maximum absolute atomic E-state index is 13.9. The van der Waals surface area contributed by atoms with E-state index in [1.54, 1.807) is 42.5 Å². The van der Waals surface area contributed by atoms with Gasteiger partial charge < -0.3 is 4.74 Å². The topological polar surface area (TPSA) is 80.8 Å². The first-order chi connectivity index (χ1) is 17.6. The van der Waals surface area contributed by atoms with Crippen molar-refractivity contribution in [1.29, 1.82) is 0 Å². The monoisotopic (exact) mass is 525 g/mol. The zero-order valence-electron chi connectivity index (χ0n) is 18.7. The second-order valence-corrected chi connectivity index (χ2v) is 9.48. The molecule has 0 N–H and O–H groups in total. The van der Waals surface area contributed by atoms with Crippen molar-refractivity contribution in [3.63, 3.8) is 0 Å². The van der Waals surface area contributed by atoms with E-state index >= 15 is 0 Å². The molecule has 37 heavy (non-hydrogen) atoms. The number of hydrogen-bond donors (Lipinski definition) is 0. The van der Waals surface area contributed by atoms with Crippen LogP contribution in [0.4, 0.5) is 18.9 Å². The summed E-state index contributed by atoms with van der Waals surface area (Å²) >= 11 is 6.17. The van der Waals surface area contributed by atoms with Crippen LogP contribution in [-0.2, 0) is 20.5 Å². The van der Waals surface area contributed by atoms with Gasteiger partial charge in [0, 0.05) is 11.1 Å². The quantitative estimate of drug-likeness (QED) is 0.345. The molecule has 1 spiro atoms. The number of carbonyl (C=O) groups excluding carboxylic acids is 4. The van der Waals surface area contributed by atoms with Crippen LogP contribution in [0.5, 0.6) is 0 Å². The molecule has 6 nitrogen and oxygen atoms in total. The first-order valence-electron chi connectivity index (χ1n) is 11.2. The van der Waals surface area contributed by atoms with Gasteiger partial charge in [0.25, 0.3) is 0 Å². The van der Waals surface area contributed by atoms with Gasteiger partial charge in [-0.25, -0.2) is 4.90 Å². The highest BCUT2D eigenvalue weighted by Crippen LogP contribution is 2.58. The van der Waals surface area contributed by atoms with E-state index in [-0.39, 0.29) is 16.1 Å². The molecule has 3 aliphatic rings. The molecular weight excluding hydrogens is 511 g/mol. The number of ether oxygens (including phenoxy) is 1. The molecule has 0 aromatic heterocycles. The van der Waals surface area contributed by atoms with Crippen molar-refractivity contribution in [2.45, 2.75) is 17.9 Å². The molecule has 186 valence electrons. The normalized spacial score (nSPS) is 24.2. The van der Waals surface area contributed by atoms with Crippen LogP contribution in [0.15, 0.2) is 72.8 Å². The molecule has 0 unspecified atom stereocenters. The minimum Gasteiger partial charge on any atom is -0.349 e. The van der Waals surface area contributed by atoms with Gasteiger partial charge in [0.2, 0.25) is 29.0 Å². The maximum atomic E-state index is 13.9. The molecule has 0 radical (unpaired) electrons. The molecule has 2 amide bonds. The lowest BCUT2D eigenvalue weighted by Gasteiger charge is -2.27. The number of anilines is 1. The van der Waals surface area contributed by atoms with E-state index < -0.39 is 64.3 Å². The minimum atomic E-state index is -4.77. The Balaban J connectivity index is 1.55. The molecule has 1 aliphatic carbocycles. The van der Waals surface area contributed by atoms with Gasteiger partial charge in [0.15, 0.2) is 0 Å². The van der Waals surface area contributed by atoms with Gasteiger partial charge in [-0.15, -0.1) is 0 Å². The van der Waals surface area contributed by atoms with Crippen LogP contribution in [0.2, 0.25) is 5.02 Å². The summed E-state index contributed by atoms with van der Waals surface area (Å²) < 4.78 is 46.5. The van der Waals surface area contributed by atoms with Gasteiger partial charge in [-0.1, -0.05) is 66.2 Å². The zero-order valence-corrected chi connectivity index (χ0v) is 19.4. The van der Waals surface area contributed by atoms with Crippen LogP contribution in [0, 0.1) is 11.8 Å². The number of amides is 2. The molecule has 3 atom stereocenters. The van der Waals surface area contributed by atoms with Crippen molar-refractivity contribution >= 4 is 40.7 Å². The smallest absolute Gasteiger partial charge is 0.349 e. The highest BCUT2D eigenvalue weighted by Gasteiger charge is 2.74. The lowest BCUT2D eigenvalue weighted by Crippen LogP contribution is -2.51. The Bertz CT molecular complexity index is 1480. The summed E-state index contributed by atoms with van der Waals surface area (Å²) in [4.78, 5) is 55.6. The number of Topliss-reactive ketones (excluding diaryl/α,β-unsaturated/α-hetero) is 2. The van der Waals surface area contributed by atoms with E-state index in [1.807, 2.05) is 0 Å². The number of alkyl halides is 3. The highest BCUT2D eigenvalue weighted by molar-refractivity contribution is 6.39. The molecule has 6 rings (SSSR count). The van der Waals surface area contributed by atoms with Crippen molar-refractivity contribution in [2.24, 2.45) is 11.8 Å². The zero-order chi connectivity index (χ0) is 26.3. The lowest BCUT2D eigenvalue weighted by molar-refractivity contribution is -0.137. The third-order valence-corrected chi connectivity index (χ3v) is 7.48. The molecule has 2 saturated heterocycles. The van der Waals surface area contributed by atoms with E-state index in [2.05, 4.69) is 0 Å². The number of fused-ring (bicyclic) bond motifs is 3. The maximum Gasteiger partial charge on any atom is 0.416 e. The lowest BCUT2D eigenvalue weighted by atomic mass is 9.77. The summed E-state index contributed by atoms with van der Waals surface area (Å²) in [5.41, 5.74) is -3.38. The van der Waals surface area contributed by atoms with Crippen molar-refractivity contribution in [2.75, 3.05) is 4.90 Å². The van der Waals surface area contributed by atoms with Gasteiger partial charge in [0.05, 0.1) is 34.2 Å². The molecule has 10 heteroatoms. The average molecular weight is 526 g/mol. The number of ketones is 2. The van der Waals surface area contributed by atoms with E-state index in [4.69, 9.17) is 16.3 Å². The molecule has 0 bridgehead atoms. The molecule has 3 aromatic rings. The molecule has 2 fully saturated rings. The summed E-state index contributed by atoms with van der Waals surface area (Å²) in [7, 11) is 0. The summed E-state index contributed by atoms with van der Waals surface area (Å²) in [6, 6.07) is 16.5. The largest absolute Gasteiger partial charge is 0.416 e. The number of hydrogen-bond acceptors (Lipinski definition) is 5. The standard InChI is InChI=1S/C27H15ClF3NO5/c28-17-11-10-14(27(29,30)31)12-18(17)32-24(35)19-20(25(32)36)26(37-21(19)13-6-2-1-3-7-13)22(33)15-8-4-5-9-16(15)23(26)34/h1-12,19-21H/t19-,20+,21+/m0/s1. The number of nitrogens with zero attached hydrogens (tertiary/aromatic N) is 1. The predicted octanol–water partition coefficient (Wildman–Crippen LogP) is 5.05. The second kappa shape index (κ2) is 7.84. The molecule has 0 saturated carbocycles. The van der Waals surface area contributed by atoms with Crippen molar-refractivity contribution in [3.8, 4) is 0 Å². The number of benzene rings is 3. The van der Waals surface area contributed by atoms with Crippen molar-refractivity contribution < 1.29 is 37.1 Å². The van der Waals surface area contributed by atoms with Gasteiger partial charge in [-0.05, 0) is 23.8 Å². The third-order valence-electron chi connectivity index (χ3n) is 7.16. The Hall–Kier alpha value is -3.82. The first kappa shape index (κ1) is 23.6. The summed E-state index contributed by atoms with van der Waals surface area (Å²) in [6.07, 6.45) is -5.95. The fraction of sp³-hybridized carbons (Fsp3) is 0.185. The molecule has 2 aliphatic heterocycles. The Morgan fingerprint density at radius 2 is 1.41 bits per heavy atom. The van der Waals surface area contributed by atoms with Crippen LogP contribution in [0.1, 0.15) is 37.9 Å². The fourth-order valence-corrected chi connectivity index (χ4v) is 5.76. The Kier molecular flexibility index (Phi) is 4.99. The fourth-order valence-electron chi connectivity index (χ4n) is 5.56. The SMILES string of the molecule is O=C1[C@@H]2[C@@H](c3ccccc3)OC3(C(=O)c4ccccc4C3=O)[C@H]2C(=O)N1c1cc(C(F)(F)F)ccc1Cl. The van der Waals surface area contributed by atoms with E-state index in [1.165, 1.54) is 12.1 Å². The van der Waals surface area contributed by atoms with Crippen LogP contribution in [0.3, 0.4) is 0 Å². The van der Waals surface area contributed by atoms with E-state index in [0.29, 0.717) is 16.5 Å². The highest BCUT2D eigenvalue weighted by atomic mass is 35.5. The average Bonchev–Trinajstić information content (AvgIpc) is 3.44. The van der Waals surface area contributed by atoms with Gasteiger partial charge in [-0.2, -0.15) is 13.2 Å². The van der Waals surface area contributed by atoms with E-state index in [9.17, 15) is 32.3 Å². The number of rotatable bonds is 2. The van der Waals surface area contributed by atoms with Gasteiger partial charge in [0.1, 0.15) is 0 Å². The number of imide groups is 1. The van der Waals surface area contributed by atoms with Crippen LogP contribution < -0.4 is 4.90 Å². The Morgan fingerprint density at radius 1 is 0.811 bits per heavy atom. The predicted molar refractivity (Wildman–Crippen MR) is 124 cm³/mol. The third kappa shape index (κ3) is 3.10. The Morgan fingerprint density at radius 3 is 2.00 bits per heavy atom. The minimum absolute atomic E-state index is 0.0516. The second-order valence-electron chi connectivity index (χ2n) is 9.07. The Labute approximate surface area is 212 Å². The van der Waals surface area contributed by atoms with E-state index in [0.717, 1.165) is 12.1 Å².